The summed E-state index contributed by atoms with van der Waals surface area (Å²) in [5, 5.41) is 47.7. The molecule has 0 amide bonds. The van der Waals surface area contributed by atoms with E-state index in [0.717, 1.165) is 0 Å². The molecule has 20 heavy (non-hydrogen) atoms. The van der Waals surface area contributed by atoms with Crippen molar-refractivity contribution in [3.8, 4) is 0 Å². The molecule has 2 rings (SSSR count). The molecule has 0 aliphatic heterocycles. The van der Waals surface area contributed by atoms with Crippen LogP contribution in [0, 0.1) is 0 Å². The molecular weight excluding hydrogens is 288 g/mol. The first-order chi connectivity index (χ1) is 9.43. The van der Waals surface area contributed by atoms with E-state index in [-0.39, 0.29) is 5.82 Å². The zero-order chi connectivity index (χ0) is 14.9. The predicted molar refractivity (Wildman–Crippen MR) is 71.2 cm³/mol. The average Bonchev–Trinajstić information content (AvgIpc) is 2.86. The van der Waals surface area contributed by atoms with Crippen molar-refractivity contribution in [2.45, 2.75) is 24.4 Å². The minimum Gasteiger partial charge on any atom is -0.394 e. The number of nitrogens with zero attached hydrogens (tertiary/aromatic N) is 1. The van der Waals surface area contributed by atoms with Crippen LogP contribution in [-0.2, 0) is 0 Å². The number of benzene rings is 1. The predicted octanol–water partition coefficient (Wildman–Crippen LogP) is -0.675. The van der Waals surface area contributed by atoms with Crippen molar-refractivity contribution >= 4 is 22.6 Å². The number of imidazole rings is 1. The largest absolute Gasteiger partial charge is 0.394 e. The standard InChI is InChI=1S/C12H15ClN2O5/c13-5-1-2-6-7(3-5)15-12(14-6)11(20)10(19)9(18)8(17)4-16/h1-3,8-11,16-20H,4H2,(H,14,15)/t8?,9-,10?,11?/m1/s1. The molecule has 6 N–H and O–H groups in total. The van der Waals surface area contributed by atoms with Gasteiger partial charge in [-0.15, -0.1) is 0 Å². The lowest BCUT2D eigenvalue weighted by Crippen LogP contribution is -2.42. The quantitative estimate of drug-likeness (QED) is 0.434. The molecule has 8 heteroatoms. The number of halogens is 1. The molecule has 1 aromatic heterocycles. The summed E-state index contributed by atoms with van der Waals surface area (Å²) >= 11 is 5.81. The Morgan fingerprint density at radius 1 is 1.15 bits per heavy atom. The minimum absolute atomic E-state index is 0.0268. The van der Waals surface area contributed by atoms with Crippen LogP contribution in [0.4, 0.5) is 0 Å². The zero-order valence-electron chi connectivity index (χ0n) is 10.3. The van der Waals surface area contributed by atoms with Crippen molar-refractivity contribution < 1.29 is 25.5 Å². The van der Waals surface area contributed by atoms with E-state index >= 15 is 0 Å². The molecule has 0 radical (unpaired) electrons. The molecule has 0 fully saturated rings. The Morgan fingerprint density at radius 2 is 1.85 bits per heavy atom. The summed E-state index contributed by atoms with van der Waals surface area (Å²) in [5.41, 5.74) is 1.10. The van der Waals surface area contributed by atoms with Crippen molar-refractivity contribution in [2.24, 2.45) is 0 Å². The lowest BCUT2D eigenvalue weighted by atomic mass is 10.0. The van der Waals surface area contributed by atoms with Crippen LogP contribution in [0.15, 0.2) is 18.2 Å². The van der Waals surface area contributed by atoms with Crippen LogP contribution >= 0.6 is 11.6 Å². The van der Waals surface area contributed by atoms with Crippen LogP contribution in [0.25, 0.3) is 11.0 Å². The van der Waals surface area contributed by atoms with Gasteiger partial charge in [0.25, 0.3) is 0 Å². The summed E-state index contributed by atoms with van der Waals surface area (Å²) in [6.45, 7) is -0.735. The fourth-order valence-corrected chi connectivity index (χ4v) is 1.99. The molecule has 1 heterocycles. The van der Waals surface area contributed by atoms with E-state index in [2.05, 4.69) is 9.97 Å². The number of aromatic nitrogens is 2. The number of aliphatic hydroxyl groups excluding tert-OH is 5. The molecule has 0 saturated heterocycles. The van der Waals surface area contributed by atoms with Crippen molar-refractivity contribution in [1.82, 2.24) is 9.97 Å². The third-order valence-corrected chi connectivity index (χ3v) is 3.23. The molecule has 0 spiro atoms. The van der Waals surface area contributed by atoms with Gasteiger partial charge in [0.1, 0.15) is 30.2 Å². The van der Waals surface area contributed by atoms with Crippen LogP contribution in [0.3, 0.4) is 0 Å². The molecule has 0 aliphatic rings. The Bertz CT molecular complexity index is 590. The third-order valence-electron chi connectivity index (χ3n) is 3.00. The fraction of sp³-hybridized carbons (Fsp3) is 0.417. The lowest BCUT2D eigenvalue weighted by Gasteiger charge is -2.24. The van der Waals surface area contributed by atoms with Crippen LogP contribution in [0.2, 0.25) is 5.02 Å². The van der Waals surface area contributed by atoms with Gasteiger partial charge in [-0.3, -0.25) is 0 Å². The second kappa shape index (κ2) is 6.04. The van der Waals surface area contributed by atoms with Crippen LogP contribution in [0.1, 0.15) is 11.9 Å². The van der Waals surface area contributed by atoms with Crippen molar-refractivity contribution in [3.05, 3.63) is 29.0 Å². The molecule has 2 aromatic rings. The molecule has 7 nitrogen and oxygen atoms in total. The van der Waals surface area contributed by atoms with Crippen molar-refractivity contribution in [2.75, 3.05) is 6.61 Å². The second-order valence-corrected chi connectivity index (χ2v) is 4.90. The molecule has 0 aliphatic carbocycles. The Labute approximate surface area is 119 Å². The van der Waals surface area contributed by atoms with E-state index in [1.54, 1.807) is 18.2 Å². The average molecular weight is 303 g/mol. The van der Waals surface area contributed by atoms with E-state index in [9.17, 15) is 20.4 Å². The zero-order valence-corrected chi connectivity index (χ0v) is 11.1. The Morgan fingerprint density at radius 3 is 2.50 bits per heavy atom. The summed E-state index contributed by atoms with van der Waals surface area (Å²) in [6.07, 6.45) is -6.50. The maximum Gasteiger partial charge on any atom is 0.140 e. The van der Waals surface area contributed by atoms with Crippen LogP contribution in [0.5, 0.6) is 0 Å². The van der Waals surface area contributed by atoms with Gasteiger partial charge in [0.15, 0.2) is 0 Å². The Hall–Kier alpha value is -1.22. The van der Waals surface area contributed by atoms with E-state index in [4.69, 9.17) is 16.7 Å². The summed E-state index contributed by atoms with van der Waals surface area (Å²) in [4.78, 5) is 6.84. The van der Waals surface area contributed by atoms with Gasteiger partial charge in [-0.05, 0) is 18.2 Å². The molecule has 0 bridgehead atoms. The lowest BCUT2D eigenvalue weighted by molar-refractivity contribution is -0.117. The minimum atomic E-state index is -1.70. The monoisotopic (exact) mass is 302 g/mol. The van der Waals surface area contributed by atoms with Gasteiger partial charge in [-0.2, -0.15) is 0 Å². The first kappa shape index (κ1) is 15.2. The van der Waals surface area contributed by atoms with E-state index in [1.807, 2.05) is 0 Å². The SMILES string of the molecule is OCC(O)[C@@H](O)C(O)C(O)c1nc2cc(Cl)ccc2[nH]1. The number of H-pyrrole nitrogens is 1. The van der Waals surface area contributed by atoms with Gasteiger partial charge in [-0.25, -0.2) is 4.98 Å². The van der Waals surface area contributed by atoms with Crippen molar-refractivity contribution in [1.29, 1.82) is 0 Å². The summed E-state index contributed by atoms with van der Waals surface area (Å²) in [5.74, 6) is 0.0268. The first-order valence-electron chi connectivity index (χ1n) is 5.92. The maximum atomic E-state index is 9.94. The number of fused-ring (bicyclic) bond motifs is 1. The Kier molecular flexibility index (Phi) is 4.59. The number of aromatic amines is 1. The summed E-state index contributed by atoms with van der Waals surface area (Å²) in [7, 11) is 0. The maximum absolute atomic E-state index is 9.94. The molecule has 4 atom stereocenters. The van der Waals surface area contributed by atoms with Crippen LogP contribution < -0.4 is 0 Å². The van der Waals surface area contributed by atoms with E-state index < -0.39 is 31.0 Å². The second-order valence-electron chi connectivity index (χ2n) is 4.46. The smallest absolute Gasteiger partial charge is 0.140 e. The highest BCUT2D eigenvalue weighted by Gasteiger charge is 2.32. The molecule has 0 saturated carbocycles. The molecule has 3 unspecified atom stereocenters. The summed E-state index contributed by atoms with van der Waals surface area (Å²) < 4.78 is 0. The Balaban J connectivity index is 2.24. The fourth-order valence-electron chi connectivity index (χ4n) is 1.82. The number of aliphatic hydroxyl groups is 5. The van der Waals surface area contributed by atoms with Gasteiger partial charge in [-0.1, -0.05) is 11.6 Å². The van der Waals surface area contributed by atoms with Gasteiger partial charge < -0.3 is 30.5 Å². The number of hydrogen-bond acceptors (Lipinski definition) is 6. The molecule has 1 aromatic carbocycles. The van der Waals surface area contributed by atoms with Crippen molar-refractivity contribution in [3.63, 3.8) is 0 Å². The summed E-state index contributed by atoms with van der Waals surface area (Å²) in [6, 6.07) is 4.88. The van der Waals surface area contributed by atoms with E-state index in [1.165, 1.54) is 0 Å². The number of rotatable bonds is 5. The molecular formula is C12H15ClN2O5. The topological polar surface area (TPSA) is 130 Å². The normalized spacial score (nSPS) is 17.9. The molecule has 110 valence electrons. The number of hydrogen-bond donors (Lipinski definition) is 6. The van der Waals surface area contributed by atoms with E-state index in [0.29, 0.717) is 16.1 Å². The van der Waals surface area contributed by atoms with Gasteiger partial charge in [0, 0.05) is 5.02 Å². The highest BCUT2D eigenvalue weighted by Crippen LogP contribution is 2.23. The highest BCUT2D eigenvalue weighted by atomic mass is 35.5. The first-order valence-corrected chi connectivity index (χ1v) is 6.30. The van der Waals surface area contributed by atoms with Gasteiger partial charge >= 0.3 is 0 Å². The van der Waals surface area contributed by atoms with Gasteiger partial charge in [0.2, 0.25) is 0 Å². The highest BCUT2D eigenvalue weighted by molar-refractivity contribution is 6.31. The van der Waals surface area contributed by atoms with Gasteiger partial charge in [0.05, 0.1) is 17.6 Å². The number of nitrogens with one attached hydrogen (secondary N) is 1. The third kappa shape index (κ3) is 2.93. The van der Waals surface area contributed by atoms with Crippen LogP contribution in [-0.4, -0.2) is 60.4 Å².